The summed E-state index contributed by atoms with van der Waals surface area (Å²) in [6.07, 6.45) is 1.30. The second kappa shape index (κ2) is 12.2. The molecule has 14 heteroatoms. The molecule has 37 heavy (non-hydrogen) atoms. The molecule has 0 spiro atoms. The zero-order chi connectivity index (χ0) is 28.0. The first-order chi connectivity index (χ1) is 17.1. The van der Waals surface area contributed by atoms with Gasteiger partial charge in [0.1, 0.15) is 5.75 Å². The van der Waals surface area contributed by atoms with Crippen LogP contribution < -0.4 is 15.0 Å². The molecule has 1 aromatic carbocycles. The lowest BCUT2D eigenvalue weighted by molar-refractivity contribution is -0.130. The average molecular weight is 571 g/mol. The minimum absolute atomic E-state index is 0.0384. The topological polar surface area (TPSA) is 83.4 Å². The smallest absolute Gasteiger partial charge is 0.420 e. The average Bonchev–Trinajstić information content (AvgIpc) is 2.80. The van der Waals surface area contributed by atoms with Gasteiger partial charge in [0.25, 0.3) is 17.4 Å². The third-order valence-electron chi connectivity index (χ3n) is 5.74. The van der Waals surface area contributed by atoms with Crippen LogP contribution in [-0.4, -0.2) is 60.5 Å². The number of carbonyl (C=O) groups excluding carboxylic acids is 2. The van der Waals surface area contributed by atoms with Gasteiger partial charge in [-0.25, -0.2) is 13.2 Å². The summed E-state index contributed by atoms with van der Waals surface area (Å²) in [6, 6.07) is 3.56. The van der Waals surface area contributed by atoms with Crippen molar-refractivity contribution >= 4 is 53.6 Å². The van der Waals surface area contributed by atoms with E-state index in [1.54, 1.807) is 0 Å². The number of halogens is 7. The van der Waals surface area contributed by atoms with Gasteiger partial charge in [0.2, 0.25) is 5.92 Å². The van der Waals surface area contributed by atoms with E-state index in [-0.39, 0.29) is 24.1 Å². The van der Waals surface area contributed by atoms with Gasteiger partial charge < -0.3 is 10.1 Å². The Morgan fingerprint density at radius 3 is 2.30 bits per heavy atom. The molecule has 0 bridgehead atoms. The first kappa shape index (κ1) is 30.5. The lowest BCUT2D eigenvalue weighted by Gasteiger charge is -2.42. The van der Waals surface area contributed by atoms with E-state index >= 15 is 0 Å². The minimum atomic E-state index is -4.02. The summed E-state index contributed by atoms with van der Waals surface area (Å²) in [7, 11) is 1.36. The fourth-order valence-corrected chi connectivity index (χ4v) is 4.08. The molecular formula is C23H25Cl2F5N4O3. The molecule has 1 N–H and O–H groups in total. The molecule has 1 aliphatic rings. The van der Waals surface area contributed by atoms with E-state index in [1.165, 1.54) is 20.2 Å². The molecule has 0 aromatic heterocycles. The molecule has 0 heterocycles. The Morgan fingerprint density at radius 2 is 1.84 bits per heavy atom. The first-order valence-corrected chi connectivity index (χ1v) is 11.7. The maximum Gasteiger partial charge on any atom is 0.487 e. The molecule has 1 unspecified atom stereocenters. The van der Waals surface area contributed by atoms with Crippen molar-refractivity contribution in [3.63, 3.8) is 0 Å². The highest BCUT2D eigenvalue weighted by Gasteiger charge is 2.49. The SMILES string of the molecule is C=N/C=C(\C=NC)C(C)(C(=O)NC1CCC(F)(F)CC1)N(C(=O)[C@H](F)Cl)c1ccc(OC(F)(F)Cl)cc1. The Hall–Kier alpha value is -2.73. The number of nitrogens with zero attached hydrogens (tertiary/aromatic N) is 3. The van der Waals surface area contributed by atoms with Crippen LogP contribution in [0.3, 0.4) is 0 Å². The normalized spacial score (nSPS) is 19.1. The summed E-state index contributed by atoms with van der Waals surface area (Å²) in [5.41, 5.74) is -8.94. The first-order valence-electron chi connectivity index (χ1n) is 10.9. The van der Waals surface area contributed by atoms with Gasteiger partial charge in [0, 0.05) is 61.2 Å². The third kappa shape index (κ3) is 7.88. The molecule has 1 aromatic rings. The summed E-state index contributed by atoms with van der Waals surface area (Å²) in [5.74, 6) is -5.52. The van der Waals surface area contributed by atoms with Crippen LogP contribution in [0.5, 0.6) is 5.75 Å². The number of nitrogens with one attached hydrogen (secondary N) is 1. The van der Waals surface area contributed by atoms with Crippen LogP contribution in [0, 0.1) is 0 Å². The number of alkyl halides is 7. The molecule has 1 fully saturated rings. The summed E-state index contributed by atoms with van der Waals surface area (Å²) < 4.78 is 71.8. The van der Waals surface area contributed by atoms with Crippen molar-refractivity contribution in [1.82, 2.24) is 5.32 Å². The number of benzene rings is 1. The molecule has 1 aliphatic carbocycles. The zero-order valence-electron chi connectivity index (χ0n) is 19.9. The van der Waals surface area contributed by atoms with Crippen LogP contribution in [0.1, 0.15) is 32.6 Å². The zero-order valence-corrected chi connectivity index (χ0v) is 21.4. The van der Waals surface area contributed by atoms with E-state index in [1.807, 2.05) is 0 Å². The maximum absolute atomic E-state index is 14.2. The van der Waals surface area contributed by atoms with Crippen molar-refractivity contribution in [2.24, 2.45) is 9.98 Å². The van der Waals surface area contributed by atoms with E-state index in [0.29, 0.717) is 4.90 Å². The van der Waals surface area contributed by atoms with Gasteiger partial charge in [0.15, 0.2) is 5.54 Å². The van der Waals surface area contributed by atoms with Gasteiger partial charge in [-0.15, -0.1) is 8.78 Å². The Bertz CT molecular complexity index is 1040. The predicted molar refractivity (Wildman–Crippen MR) is 132 cm³/mol. The standard InChI is InChI=1S/C23H25Cl2F5N4O3/c1-21(14(12-31-2)13-32-3,20(36)33-15-8-10-22(27,28)11-9-15)34(19(35)18(24)26)16-4-6-17(7-5-16)37-23(25,29)30/h4-7,12-13,15,18H,2,8-11H2,1,3H3,(H,33,36)/b14-12+,32-13?/t18-,21?/m0/s1. The summed E-state index contributed by atoms with van der Waals surface area (Å²) in [6.45, 7) is 4.58. The van der Waals surface area contributed by atoms with Crippen molar-refractivity contribution in [2.75, 3.05) is 11.9 Å². The molecule has 7 nitrogen and oxygen atoms in total. The summed E-state index contributed by atoms with van der Waals surface area (Å²) >= 11 is 10.3. The maximum atomic E-state index is 14.2. The van der Waals surface area contributed by atoms with E-state index in [9.17, 15) is 31.5 Å². The van der Waals surface area contributed by atoms with Crippen molar-refractivity contribution in [3.8, 4) is 5.75 Å². The fraction of sp³-hybridized carbons (Fsp3) is 0.478. The quantitative estimate of drug-likeness (QED) is 0.230. The van der Waals surface area contributed by atoms with Gasteiger partial charge in [-0.05, 0) is 50.7 Å². The predicted octanol–water partition coefficient (Wildman–Crippen LogP) is 5.46. The van der Waals surface area contributed by atoms with E-state index in [2.05, 4.69) is 26.8 Å². The molecule has 2 rings (SSSR count). The second-order valence-electron chi connectivity index (χ2n) is 8.35. The highest BCUT2D eigenvalue weighted by molar-refractivity contribution is 6.32. The van der Waals surface area contributed by atoms with Gasteiger partial charge in [0.05, 0.1) is 0 Å². The lowest BCUT2D eigenvalue weighted by atomic mass is 9.86. The van der Waals surface area contributed by atoms with Crippen LogP contribution in [0.15, 0.2) is 46.0 Å². The summed E-state index contributed by atoms with van der Waals surface area (Å²) in [5, 5.41) is 2.64. The van der Waals surface area contributed by atoms with Crippen LogP contribution in [0.4, 0.5) is 27.6 Å². The van der Waals surface area contributed by atoms with Gasteiger partial charge in [-0.3, -0.25) is 24.5 Å². The fourth-order valence-electron chi connectivity index (χ4n) is 3.89. The second-order valence-corrected chi connectivity index (χ2v) is 9.17. The Labute approximate surface area is 220 Å². The number of hydrogen-bond donors (Lipinski definition) is 1. The van der Waals surface area contributed by atoms with Crippen LogP contribution >= 0.6 is 23.2 Å². The number of amides is 2. The highest BCUT2D eigenvalue weighted by atomic mass is 35.5. The van der Waals surface area contributed by atoms with Gasteiger partial charge in [-0.2, -0.15) is 0 Å². The van der Waals surface area contributed by atoms with Crippen LogP contribution in [0.25, 0.3) is 0 Å². The molecule has 1 saturated carbocycles. The monoisotopic (exact) mass is 570 g/mol. The molecule has 2 atom stereocenters. The third-order valence-corrected chi connectivity index (χ3v) is 6.00. The lowest BCUT2D eigenvalue weighted by Crippen LogP contribution is -2.63. The van der Waals surface area contributed by atoms with Crippen LogP contribution in [-0.2, 0) is 9.59 Å². The van der Waals surface area contributed by atoms with E-state index < -0.39 is 59.1 Å². The molecule has 2 amide bonds. The number of carbonyl (C=O) groups is 2. The molecule has 204 valence electrons. The number of rotatable bonds is 10. The largest absolute Gasteiger partial charge is 0.487 e. The van der Waals surface area contributed by atoms with Gasteiger partial charge in [-0.1, -0.05) is 11.6 Å². The number of ether oxygens (including phenoxy) is 1. The molecule has 0 radical (unpaired) electrons. The van der Waals surface area contributed by atoms with Crippen LogP contribution in [0.2, 0.25) is 0 Å². The van der Waals surface area contributed by atoms with Crippen molar-refractivity contribution < 1.29 is 36.3 Å². The van der Waals surface area contributed by atoms with Crippen molar-refractivity contribution in [1.29, 1.82) is 0 Å². The minimum Gasteiger partial charge on any atom is -0.420 e. The Kier molecular flexibility index (Phi) is 10.1. The number of aliphatic imine (C=N–C) groups is 2. The molecule has 0 aliphatic heterocycles. The van der Waals surface area contributed by atoms with E-state index in [0.717, 1.165) is 30.5 Å². The van der Waals surface area contributed by atoms with Crippen molar-refractivity contribution in [3.05, 3.63) is 36.0 Å². The Balaban J connectivity index is 2.62. The number of anilines is 1. The van der Waals surface area contributed by atoms with Gasteiger partial charge >= 0.3 is 5.57 Å². The molecule has 0 saturated heterocycles. The van der Waals surface area contributed by atoms with Crippen molar-refractivity contribution in [2.45, 2.75) is 61.3 Å². The molecular weight excluding hydrogens is 546 g/mol. The highest BCUT2D eigenvalue weighted by Crippen LogP contribution is 2.36. The van der Waals surface area contributed by atoms with E-state index in [4.69, 9.17) is 23.2 Å². The Morgan fingerprint density at radius 1 is 1.27 bits per heavy atom. The summed E-state index contributed by atoms with van der Waals surface area (Å²) in [4.78, 5) is 35.0. The number of hydrogen-bond acceptors (Lipinski definition) is 5.